The summed E-state index contributed by atoms with van der Waals surface area (Å²) < 4.78 is 332. The van der Waals surface area contributed by atoms with Gasteiger partial charge in [0.1, 0.15) is 69.2 Å². The van der Waals surface area contributed by atoms with Crippen LogP contribution in [0.1, 0.15) is 0 Å². The fraction of sp³-hybridized carbons (Fsp3) is 0.105. The maximum atomic E-state index is 12.9. The molecule has 6 aromatic rings. The zero-order valence-electron chi connectivity index (χ0n) is 43.2. The number of sulfone groups is 2. The van der Waals surface area contributed by atoms with Crippen LogP contribution in [0.3, 0.4) is 0 Å². The fourth-order valence-electron chi connectivity index (χ4n) is 7.13. The van der Waals surface area contributed by atoms with E-state index in [1.165, 1.54) is 0 Å². The second-order valence-electron chi connectivity index (χ2n) is 17.1. The van der Waals surface area contributed by atoms with Crippen LogP contribution in [-0.4, -0.2) is 150 Å². The number of hydrogen-bond acceptors (Lipinski definition) is 34. The van der Waals surface area contributed by atoms with Gasteiger partial charge in [-0.3, -0.25) is 36.4 Å². The molecule has 0 amide bonds. The molecular formula is C38H35N11O31S10. The lowest BCUT2D eigenvalue weighted by atomic mass is 10.1. The van der Waals surface area contributed by atoms with Gasteiger partial charge in [-0.15, -0.1) is 35.8 Å². The summed E-state index contributed by atoms with van der Waals surface area (Å²) in [5.74, 6) is -3.84. The van der Waals surface area contributed by atoms with Crippen LogP contribution in [0.15, 0.2) is 153 Å². The second kappa shape index (κ2) is 25.2. The zero-order chi connectivity index (χ0) is 68.1. The minimum absolute atomic E-state index is 0.100. The first-order chi connectivity index (χ1) is 40.8. The number of anilines is 3. The standard InChI is InChI=1S/C38H35N11O31S10/c39-32-24(46-42-18-1-3-19(4-2-18)81(51,52)9-7-79-89(73,74)75)15-28(86(64,65)66)33(40)37(32)49-45-23-14-22(26(84(58,59)60)16-27(23)85(61,62)63)44-48-36-30(88(70,71)72)12-17-11-29(87(67,68)69)35(34(41)31(17)38(36)50)47-43-21-6-5-20(13-25(21)83(55,56)57)82(53,54)10-8-80-90(76,77)78/h1-6,11-16,50H,7-10,39-41H2,(H,55,56,57)(H,58,59,60)(H,61,62,63)(H,64,65,66)(H,67,68,69)(H,70,71,72)(H,73,74,75)(H,76,77,78)/b46-42+,47-43+,48-44+,49-45+. The number of fused-ring (bicyclic) bond motifs is 1. The summed E-state index contributed by atoms with van der Waals surface area (Å²) in [6, 6.07) is 6.25. The highest BCUT2D eigenvalue weighted by Crippen LogP contribution is 2.50. The number of phenols is 1. The molecule has 0 spiro atoms. The number of nitrogen functional groups attached to an aromatic ring is 3. The minimum Gasteiger partial charge on any atom is -0.505 e. The van der Waals surface area contributed by atoms with E-state index in [9.17, 15) is 117 Å². The SMILES string of the molecule is Nc1c(/N=N/c2ccc(S(=O)(=O)CCOS(=O)(=O)O)cc2)cc(S(=O)(=O)O)c(N)c1/N=N/c1cc(/N=N/c2c(S(=O)(=O)O)cc3cc(S(=O)(=O)O)c(/N=N/c4ccc(S(=O)(=O)CCOS(=O)(=O)O)cc4S(=O)(=O)O)c(N)c3c2O)c(S(=O)(=O)O)cc1S(=O)(=O)O. The number of azo groups is 4. The van der Waals surface area contributed by atoms with Gasteiger partial charge in [0.15, 0.2) is 25.4 Å². The number of phenolic OH excluding ortho intramolecular Hbond substituents is 1. The molecule has 42 nitrogen and oxygen atoms in total. The monoisotopic (exact) mass is 1460 g/mol. The molecule has 0 bridgehead atoms. The summed E-state index contributed by atoms with van der Waals surface area (Å²) in [7, 11) is -53.4. The quantitative estimate of drug-likeness (QED) is 0.0234. The third kappa shape index (κ3) is 17.2. The molecule has 0 saturated carbocycles. The molecule has 0 atom stereocenters. The van der Waals surface area contributed by atoms with Crippen LogP contribution in [-0.2, 0) is 110 Å². The third-order valence-corrected chi connectivity index (χ3v) is 20.6. The van der Waals surface area contributed by atoms with Crippen LogP contribution >= 0.6 is 0 Å². The van der Waals surface area contributed by atoms with Crippen molar-refractivity contribution in [2.24, 2.45) is 40.9 Å². The maximum absolute atomic E-state index is 12.9. The predicted octanol–water partition coefficient (Wildman–Crippen LogP) is 3.62. The Hall–Kier alpha value is -7.72. The highest BCUT2D eigenvalue weighted by atomic mass is 32.3. The van der Waals surface area contributed by atoms with Gasteiger partial charge in [0.25, 0.3) is 60.7 Å². The molecule has 6 aromatic carbocycles. The Morgan fingerprint density at radius 1 is 0.344 bits per heavy atom. The topological polar surface area (TPSA) is 719 Å². The number of nitrogens with two attached hydrogens (primary N) is 3. The fourth-order valence-corrected chi connectivity index (χ4v) is 14.2. The number of nitrogens with zero attached hydrogens (tertiary/aromatic N) is 8. The van der Waals surface area contributed by atoms with E-state index < -0.39 is 238 Å². The lowest BCUT2D eigenvalue weighted by Gasteiger charge is -2.14. The van der Waals surface area contributed by atoms with Crippen LogP contribution in [0.5, 0.6) is 5.75 Å². The van der Waals surface area contributed by atoms with Gasteiger partial charge in [-0.25, -0.2) is 25.2 Å². The molecule has 0 radical (unpaired) electrons. The Balaban J connectivity index is 1.53. The molecule has 0 aliphatic heterocycles. The van der Waals surface area contributed by atoms with E-state index in [1.54, 1.807) is 0 Å². The normalized spacial score (nSPS) is 13.8. The highest BCUT2D eigenvalue weighted by Gasteiger charge is 2.32. The first kappa shape index (κ1) is 71.4. The highest BCUT2D eigenvalue weighted by molar-refractivity contribution is 7.92. The van der Waals surface area contributed by atoms with Gasteiger partial charge in [0, 0.05) is 0 Å². The number of hydrogen-bond donors (Lipinski definition) is 12. The second-order valence-corrected chi connectivity index (χ2v) is 31.8. The van der Waals surface area contributed by atoms with Crippen LogP contribution in [0.4, 0.5) is 62.6 Å². The third-order valence-electron chi connectivity index (χ3n) is 11.0. The maximum Gasteiger partial charge on any atom is 0.397 e. The van der Waals surface area contributed by atoms with E-state index in [2.05, 4.69) is 49.3 Å². The number of rotatable bonds is 24. The largest absolute Gasteiger partial charge is 0.505 e. The Kier molecular flexibility index (Phi) is 20.0. The van der Waals surface area contributed by atoms with Crippen LogP contribution in [0.2, 0.25) is 0 Å². The van der Waals surface area contributed by atoms with E-state index in [1.807, 2.05) is 0 Å². The minimum atomic E-state index is -5.86. The average Bonchev–Trinajstić information content (AvgIpc) is 0.751. The van der Waals surface area contributed by atoms with Crippen LogP contribution in [0.25, 0.3) is 10.8 Å². The van der Waals surface area contributed by atoms with Crippen molar-refractivity contribution in [1.82, 2.24) is 0 Å². The van der Waals surface area contributed by atoms with E-state index in [0.717, 1.165) is 24.3 Å². The summed E-state index contributed by atoms with van der Waals surface area (Å²) in [6.07, 6.45) is 0. The van der Waals surface area contributed by atoms with E-state index in [0.29, 0.717) is 18.2 Å². The van der Waals surface area contributed by atoms with Crippen molar-refractivity contribution < 1.29 is 134 Å². The van der Waals surface area contributed by atoms with Crippen molar-refractivity contribution in [1.29, 1.82) is 0 Å². The molecule has 0 unspecified atom stereocenters. The first-order valence-corrected chi connectivity index (χ1v) is 37.0. The van der Waals surface area contributed by atoms with Crippen molar-refractivity contribution in [2.75, 3.05) is 41.9 Å². The molecule has 90 heavy (non-hydrogen) atoms. The summed E-state index contributed by atoms with van der Waals surface area (Å²) >= 11 is 0. The molecule has 0 heterocycles. The number of aromatic hydroxyl groups is 1. The molecule has 0 aliphatic rings. The van der Waals surface area contributed by atoms with Crippen molar-refractivity contribution >= 4 is 175 Å². The van der Waals surface area contributed by atoms with Gasteiger partial charge >= 0.3 is 20.8 Å². The predicted molar refractivity (Wildman–Crippen MR) is 299 cm³/mol. The summed E-state index contributed by atoms with van der Waals surface area (Å²) in [6.45, 7) is -2.22. The van der Waals surface area contributed by atoms with Gasteiger partial charge in [0.05, 0.1) is 62.6 Å². The molecule has 0 aromatic heterocycles. The van der Waals surface area contributed by atoms with Crippen molar-refractivity contribution in [3.05, 3.63) is 72.8 Å². The van der Waals surface area contributed by atoms with Gasteiger partial charge in [-0.2, -0.15) is 72.5 Å². The van der Waals surface area contributed by atoms with Crippen molar-refractivity contribution in [2.45, 2.75) is 39.2 Å². The molecular weight excluding hydrogens is 1430 g/mol. The lowest BCUT2D eigenvalue weighted by molar-refractivity contribution is 0.282. The van der Waals surface area contributed by atoms with Crippen LogP contribution in [0, 0.1) is 0 Å². The molecule has 0 fully saturated rings. The summed E-state index contributed by atoms with van der Waals surface area (Å²) in [5.41, 5.74) is 6.31. The Bertz CT molecular complexity index is 5360. The number of benzene rings is 6. The zero-order valence-corrected chi connectivity index (χ0v) is 51.3. The van der Waals surface area contributed by atoms with Gasteiger partial charge in [-0.05, 0) is 78.2 Å². The van der Waals surface area contributed by atoms with Crippen LogP contribution < -0.4 is 17.2 Å². The Labute approximate surface area is 505 Å². The van der Waals surface area contributed by atoms with Crippen molar-refractivity contribution in [3.63, 3.8) is 0 Å². The Morgan fingerprint density at radius 3 is 1.19 bits per heavy atom. The molecule has 6 rings (SSSR count). The van der Waals surface area contributed by atoms with Gasteiger partial charge in [0.2, 0.25) is 0 Å². The molecule has 488 valence electrons. The Morgan fingerprint density at radius 2 is 0.733 bits per heavy atom. The first-order valence-electron chi connectivity index (χ1n) is 22.3. The van der Waals surface area contributed by atoms with E-state index in [-0.39, 0.29) is 36.0 Å². The van der Waals surface area contributed by atoms with Crippen molar-refractivity contribution in [3.8, 4) is 5.75 Å². The smallest absolute Gasteiger partial charge is 0.397 e. The van der Waals surface area contributed by atoms with Gasteiger partial charge < -0.3 is 22.3 Å². The van der Waals surface area contributed by atoms with E-state index >= 15 is 0 Å². The van der Waals surface area contributed by atoms with E-state index in [4.69, 9.17) is 26.3 Å². The molecule has 52 heteroatoms. The summed E-state index contributed by atoms with van der Waals surface area (Å²) in [4.78, 5) is -10.5. The molecule has 0 aliphatic carbocycles. The molecule has 0 saturated heterocycles. The molecule has 15 N–H and O–H groups in total. The van der Waals surface area contributed by atoms with Gasteiger partial charge in [-0.1, -0.05) is 0 Å². The lowest BCUT2D eigenvalue weighted by Crippen LogP contribution is -2.16. The summed E-state index contributed by atoms with van der Waals surface area (Å²) in [5, 5.41) is 37.9. The average molecular weight is 1460 g/mol.